The number of hydrogen-bond acceptors (Lipinski definition) is 9. The van der Waals surface area contributed by atoms with Crippen LogP contribution < -0.4 is 40.0 Å². The molecule has 1 aromatic heterocycles. The normalized spacial score (nSPS) is 20.2. The fraction of sp³-hybridized carbons (Fsp3) is 0.353. The second kappa shape index (κ2) is 10.5. The molecule has 0 spiro atoms. The number of esters is 1. The molecule has 0 bridgehead atoms. The maximum Gasteiger partial charge on any atom is 1.00 e. The Hall–Kier alpha value is -1.53. The summed E-state index contributed by atoms with van der Waals surface area (Å²) >= 11 is 2.60. The molecule has 0 unspecified atom stereocenters. The van der Waals surface area contributed by atoms with Crippen molar-refractivity contribution in [2.75, 3.05) is 18.1 Å². The number of fused-ring (bicyclic) bond motifs is 1. The van der Waals surface area contributed by atoms with Gasteiger partial charge in [-0.25, -0.2) is 0 Å². The van der Waals surface area contributed by atoms with Gasteiger partial charge in [0.25, 0.3) is 5.91 Å². The summed E-state index contributed by atoms with van der Waals surface area (Å²) in [5, 5.41) is 13.6. The van der Waals surface area contributed by atoms with Gasteiger partial charge >= 0.3 is 35.5 Å². The number of ether oxygens (including phenoxy) is 1. The molecule has 0 saturated carbocycles. The summed E-state index contributed by atoms with van der Waals surface area (Å²) in [4.78, 5) is 53.0. The van der Waals surface area contributed by atoms with Gasteiger partial charge in [0.1, 0.15) is 18.0 Å². The topological polar surface area (TPSA) is 129 Å². The van der Waals surface area contributed by atoms with Gasteiger partial charge in [0.2, 0.25) is 5.91 Å². The van der Waals surface area contributed by atoms with Crippen LogP contribution >= 0.6 is 23.5 Å². The van der Waals surface area contributed by atoms with Crippen molar-refractivity contribution in [2.45, 2.75) is 23.2 Å². The first kappa shape index (κ1) is 23.7. The molecule has 1 N–H and O–H groups in total. The summed E-state index contributed by atoms with van der Waals surface area (Å²) in [6.45, 7) is 0.990. The summed E-state index contributed by atoms with van der Waals surface area (Å²) in [7, 11) is 0. The molecule has 2 atom stereocenters. The average Bonchev–Trinajstić information content (AvgIpc) is 2.68. The Morgan fingerprint density at radius 2 is 2.07 bits per heavy atom. The van der Waals surface area contributed by atoms with Crippen molar-refractivity contribution in [3.05, 3.63) is 35.8 Å². The van der Waals surface area contributed by atoms with Crippen LogP contribution in [0, 0.1) is 0 Å². The molecule has 2 aliphatic rings. The van der Waals surface area contributed by atoms with Gasteiger partial charge in [0, 0.05) is 35.5 Å². The van der Waals surface area contributed by atoms with Crippen LogP contribution in [0.25, 0.3) is 0 Å². The Morgan fingerprint density at radius 1 is 1.38 bits per heavy atom. The van der Waals surface area contributed by atoms with Gasteiger partial charge in [0.15, 0.2) is 0 Å². The Morgan fingerprint density at radius 3 is 2.69 bits per heavy atom. The van der Waals surface area contributed by atoms with E-state index in [0.717, 1.165) is 9.80 Å². The van der Waals surface area contributed by atoms with Gasteiger partial charge < -0.3 is 20.0 Å². The van der Waals surface area contributed by atoms with Crippen molar-refractivity contribution < 1.29 is 58.6 Å². The minimum absolute atomic E-state index is 0. The smallest absolute Gasteiger partial charge is 0.543 e. The van der Waals surface area contributed by atoms with Crippen molar-refractivity contribution in [1.82, 2.24) is 15.2 Å². The SMILES string of the molecule is CC(=O)OCC1=C(C(=O)[O-])N2C(=O)[C@@H](NC(=O)CSc3ccncc3)[C@H]2SC1.[Na+]. The molecule has 2 aliphatic heterocycles. The summed E-state index contributed by atoms with van der Waals surface area (Å²) in [6.07, 6.45) is 3.24. The van der Waals surface area contributed by atoms with Crippen molar-refractivity contribution in [3.8, 4) is 0 Å². The van der Waals surface area contributed by atoms with E-state index in [4.69, 9.17) is 4.74 Å². The fourth-order valence-corrected chi connectivity index (χ4v) is 4.79. The first-order chi connectivity index (χ1) is 13.4. The predicted molar refractivity (Wildman–Crippen MR) is 98.6 cm³/mol. The summed E-state index contributed by atoms with van der Waals surface area (Å²) in [5.74, 6) is -2.55. The van der Waals surface area contributed by atoms with Crippen LogP contribution in [0.15, 0.2) is 40.7 Å². The van der Waals surface area contributed by atoms with Crippen molar-refractivity contribution in [2.24, 2.45) is 0 Å². The zero-order chi connectivity index (χ0) is 20.3. The van der Waals surface area contributed by atoms with Crippen LogP contribution in [0.3, 0.4) is 0 Å². The number of nitrogens with one attached hydrogen (secondary N) is 1. The number of rotatable bonds is 7. The number of aliphatic carboxylic acids is 1. The third-order valence-electron chi connectivity index (χ3n) is 4.03. The van der Waals surface area contributed by atoms with E-state index in [0.29, 0.717) is 5.57 Å². The molecule has 0 aromatic carbocycles. The third kappa shape index (κ3) is 5.54. The van der Waals surface area contributed by atoms with Crippen LogP contribution in [-0.2, 0) is 23.9 Å². The van der Waals surface area contributed by atoms with Gasteiger partial charge in [-0.3, -0.25) is 24.3 Å². The molecule has 1 fully saturated rings. The van der Waals surface area contributed by atoms with E-state index in [1.165, 1.54) is 30.4 Å². The van der Waals surface area contributed by atoms with Crippen LogP contribution in [0.4, 0.5) is 0 Å². The minimum Gasteiger partial charge on any atom is -0.543 e. The number of carbonyl (C=O) groups excluding carboxylic acids is 4. The third-order valence-corrected chi connectivity index (χ3v) is 6.38. The largest absolute Gasteiger partial charge is 1.00 e. The van der Waals surface area contributed by atoms with Crippen molar-refractivity contribution in [3.63, 3.8) is 0 Å². The van der Waals surface area contributed by atoms with E-state index < -0.39 is 29.3 Å². The number of carboxylic acid groups (broad SMARTS) is 1. The second-order valence-electron chi connectivity index (χ2n) is 5.95. The molecular weight excluding hydrogens is 429 g/mol. The predicted octanol–water partition coefficient (Wildman–Crippen LogP) is -3.86. The maximum absolute atomic E-state index is 12.5. The number of aromatic nitrogens is 1. The molecular formula is C17H16N3NaO6S2. The first-order valence-electron chi connectivity index (χ1n) is 8.22. The molecule has 1 saturated heterocycles. The van der Waals surface area contributed by atoms with E-state index in [1.54, 1.807) is 24.5 Å². The van der Waals surface area contributed by atoms with E-state index in [1.807, 2.05) is 0 Å². The minimum atomic E-state index is -1.51. The van der Waals surface area contributed by atoms with E-state index in [9.17, 15) is 24.3 Å². The van der Waals surface area contributed by atoms with Crippen molar-refractivity contribution >= 4 is 47.3 Å². The molecule has 3 rings (SSSR count). The number of β-lactam (4-membered cyclic amide) rings is 1. The summed E-state index contributed by atoms with van der Waals surface area (Å²) in [5.41, 5.74) is 0.00878. The molecule has 2 amide bonds. The molecule has 12 heteroatoms. The number of hydrogen-bond donors (Lipinski definition) is 1. The summed E-state index contributed by atoms with van der Waals surface area (Å²) in [6, 6.07) is 2.74. The number of pyridine rings is 1. The molecule has 29 heavy (non-hydrogen) atoms. The molecule has 9 nitrogen and oxygen atoms in total. The number of amides is 2. The monoisotopic (exact) mass is 445 g/mol. The Bertz CT molecular complexity index is 851. The van der Waals surface area contributed by atoms with Crippen molar-refractivity contribution in [1.29, 1.82) is 0 Å². The van der Waals surface area contributed by atoms with Crippen LogP contribution in [0.1, 0.15) is 6.92 Å². The summed E-state index contributed by atoms with van der Waals surface area (Å²) < 4.78 is 4.85. The van der Waals surface area contributed by atoms with Gasteiger partial charge in [0.05, 0.1) is 17.4 Å². The quantitative estimate of drug-likeness (QED) is 0.194. The molecule has 148 valence electrons. The fourth-order valence-electron chi connectivity index (χ4n) is 2.77. The number of carboxylic acids is 1. The van der Waals surface area contributed by atoms with Crippen LogP contribution in [0.5, 0.6) is 0 Å². The molecule has 3 heterocycles. The Balaban J connectivity index is 0.00000300. The zero-order valence-electron chi connectivity index (χ0n) is 15.7. The van der Waals surface area contributed by atoms with E-state index in [2.05, 4.69) is 10.3 Å². The molecule has 0 radical (unpaired) electrons. The van der Waals surface area contributed by atoms with Gasteiger partial charge in [-0.2, -0.15) is 0 Å². The number of carbonyl (C=O) groups is 4. The van der Waals surface area contributed by atoms with Crippen LogP contribution in [0.2, 0.25) is 0 Å². The maximum atomic E-state index is 12.5. The van der Waals surface area contributed by atoms with E-state index >= 15 is 0 Å². The standard InChI is InChI=1S/C17H17N3O6S2.Na/c1-9(21)26-6-10-7-28-16-13(15(23)20(16)14(10)17(24)25)19-12(22)8-27-11-2-4-18-5-3-11;/h2-5,13,16H,6-8H2,1H3,(H,19,22)(H,24,25);/q;+1/p-1/t13-,16-;/m1./s1. The van der Waals surface area contributed by atoms with Gasteiger partial charge in [-0.05, 0) is 12.1 Å². The number of thioether (sulfide) groups is 2. The average molecular weight is 445 g/mol. The van der Waals surface area contributed by atoms with E-state index in [-0.39, 0.29) is 59.3 Å². The van der Waals surface area contributed by atoms with Gasteiger partial charge in [-0.15, -0.1) is 23.5 Å². The Labute approximate surface area is 197 Å². The zero-order valence-corrected chi connectivity index (χ0v) is 19.4. The first-order valence-corrected chi connectivity index (χ1v) is 10.3. The molecule has 0 aliphatic carbocycles. The Kier molecular flexibility index (Phi) is 8.58. The second-order valence-corrected chi connectivity index (χ2v) is 8.10. The number of nitrogens with zero attached hydrogens (tertiary/aromatic N) is 2. The van der Waals surface area contributed by atoms with Gasteiger partial charge in [-0.1, -0.05) is 0 Å². The molecule has 1 aromatic rings. The van der Waals surface area contributed by atoms with Crippen LogP contribution in [-0.4, -0.2) is 63.2 Å².